The summed E-state index contributed by atoms with van der Waals surface area (Å²) in [4.78, 5) is 14.0. The lowest BCUT2D eigenvalue weighted by Gasteiger charge is -2.22. The molecule has 0 unspecified atom stereocenters. The highest BCUT2D eigenvalue weighted by Gasteiger charge is 2.16. The fourth-order valence-electron chi connectivity index (χ4n) is 4.10. The third-order valence-corrected chi connectivity index (χ3v) is 6.03. The zero-order chi connectivity index (χ0) is 22.2. The van der Waals surface area contributed by atoms with E-state index < -0.39 is 6.10 Å². The highest BCUT2D eigenvalue weighted by atomic mass is 79.9. The number of ketones is 1. The number of carbonyl (C=O) groups is 1. The third kappa shape index (κ3) is 6.39. The normalized spacial score (nSPS) is 12.8. The van der Waals surface area contributed by atoms with E-state index in [2.05, 4.69) is 46.5 Å². The molecule has 0 aliphatic carbocycles. The number of nitrogens with one attached hydrogen (secondary N) is 1. The summed E-state index contributed by atoms with van der Waals surface area (Å²) in [6.07, 6.45) is 7.37. The van der Waals surface area contributed by atoms with Crippen molar-refractivity contribution in [2.45, 2.75) is 39.3 Å². The topological polar surface area (TPSA) is 46.7 Å². The quantitative estimate of drug-likeness (QED) is 0.314. The van der Waals surface area contributed by atoms with Crippen molar-refractivity contribution in [3.63, 3.8) is 0 Å². The lowest BCUT2D eigenvalue weighted by atomic mass is 10.1. The number of allylic oxidation sites excluding steroid dienone is 1. The van der Waals surface area contributed by atoms with E-state index in [0.29, 0.717) is 12.1 Å². The first kappa shape index (κ1) is 23.5. The van der Waals surface area contributed by atoms with Crippen LogP contribution in [0.5, 0.6) is 0 Å². The van der Waals surface area contributed by atoms with E-state index in [-0.39, 0.29) is 5.78 Å². The van der Waals surface area contributed by atoms with Crippen molar-refractivity contribution in [1.29, 1.82) is 0 Å². The van der Waals surface area contributed by atoms with Gasteiger partial charge in [-0.05, 0) is 55.3 Å². The summed E-state index contributed by atoms with van der Waals surface area (Å²) >= 11 is 3.40. The molecule has 31 heavy (non-hydrogen) atoms. The van der Waals surface area contributed by atoms with Crippen molar-refractivity contribution in [3.8, 4) is 0 Å². The number of carbonyl (C=O) groups excluding carboxylic acids is 1. The van der Waals surface area contributed by atoms with Crippen LogP contribution in [-0.4, -0.2) is 41.2 Å². The Kier molecular flexibility index (Phi) is 8.64. The van der Waals surface area contributed by atoms with Crippen LogP contribution in [0.15, 0.2) is 65.3 Å². The van der Waals surface area contributed by atoms with Crippen molar-refractivity contribution in [3.05, 3.63) is 76.4 Å². The predicted molar refractivity (Wildman–Crippen MR) is 132 cm³/mol. The Hall–Kier alpha value is -2.21. The van der Waals surface area contributed by atoms with Crippen molar-refractivity contribution in [1.82, 2.24) is 4.57 Å². The van der Waals surface area contributed by atoms with Gasteiger partial charge in [-0.15, -0.1) is 0 Å². The van der Waals surface area contributed by atoms with Gasteiger partial charge in [-0.25, -0.2) is 0 Å². The summed E-state index contributed by atoms with van der Waals surface area (Å²) in [5, 5.41) is 11.9. The molecule has 5 heteroatoms. The van der Waals surface area contributed by atoms with E-state index in [9.17, 15) is 9.90 Å². The van der Waals surface area contributed by atoms with Gasteiger partial charge in [0.25, 0.3) is 0 Å². The van der Waals surface area contributed by atoms with Gasteiger partial charge >= 0.3 is 0 Å². The molecule has 2 aromatic carbocycles. The maximum atomic E-state index is 12.5. The highest BCUT2D eigenvalue weighted by molar-refractivity contribution is 9.10. The van der Waals surface area contributed by atoms with Gasteiger partial charge in [-0.2, -0.15) is 0 Å². The number of halogens is 1. The van der Waals surface area contributed by atoms with Gasteiger partial charge in [0.15, 0.2) is 5.78 Å². The molecular formula is C26H32BrN2O2+. The number of hydrogen-bond donors (Lipinski definition) is 2. The van der Waals surface area contributed by atoms with Gasteiger partial charge in [-0.1, -0.05) is 48.0 Å². The van der Waals surface area contributed by atoms with E-state index in [4.69, 9.17) is 0 Å². The number of quaternary nitrogens is 1. The summed E-state index contributed by atoms with van der Waals surface area (Å²) in [6.45, 7) is 7.85. The van der Waals surface area contributed by atoms with E-state index in [1.165, 1.54) is 4.90 Å². The van der Waals surface area contributed by atoms with E-state index in [0.717, 1.165) is 53.4 Å². The molecule has 164 valence electrons. The molecule has 1 aromatic heterocycles. The van der Waals surface area contributed by atoms with E-state index in [1.807, 2.05) is 48.7 Å². The van der Waals surface area contributed by atoms with Crippen LogP contribution in [-0.2, 0) is 6.54 Å². The Morgan fingerprint density at radius 2 is 1.77 bits per heavy atom. The minimum absolute atomic E-state index is 0.0252. The number of aromatic nitrogens is 1. The number of para-hydroxylation sites is 1. The first-order valence-corrected chi connectivity index (χ1v) is 11.9. The van der Waals surface area contributed by atoms with Gasteiger partial charge in [0.05, 0.1) is 19.6 Å². The highest BCUT2D eigenvalue weighted by Crippen LogP contribution is 2.23. The average molecular weight is 484 g/mol. The Bertz CT molecular complexity index is 1020. The third-order valence-electron chi connectivity index (χ3n) is 5.50. The molecule has 3 aromatic rings. The van der Waals surface area contributed by atoms with Crippen LogP contribution in [0.1, 0.15) is 42.6 Å². The second kappa shape index (κ2) is 11.4. The molecule has 1 atom stereocenters. The maximum Gasteiger partial charge on any atom is 0.185 e. The molecule has 0 fully saturated rings. The van der Waals surface area contributed by atoms with Crippen LogP contribution in [0.4, 0.5) is 0 Å². The number of benzene rings is 2. The van der Waals surface area contributed by atoms with Crippen molar-refractivity contribution in [2.24, 2.45) is 0 Å². The molecule has 1 heterocycles. The maximum absolute atomic E-state index is 12.5. The summed E-state index contributed by atoms with van der Waals surface area (Å²) in [5.74, 6) is -0.0252. The van der Waals surface area contributed by atoms with Gasteiger partial charge in [0.1, 0.15) is 12.6 Å². The summed E-state index contributed by atoms with van der Waals surface area (Å²) in [5.41, 5.74) is 2.72. The Balaban J connectivity index is 1.78. The van der Waals surface area contributed by atoms with Crippen molar-refractivity contribution < 1.29 is 14.8 Å². The Morgan fingerprint density at radius 3 is 2.45 bits per heavy atom. The van der Waals surface area contributed by atoms with Gasteiger partial charge < -0.3 is 14.6 Å². The molecule has 0 bridgehead atoms. The largest absolute Gasteiger partial charge is 0.385 e. The van der Waals surface area contributed by atoms with E-state index in [1.54, 1.807) is 6.08 Å². The van der Waals surface area contributed by atoms with Crippen molar-refractivity contribution >= 4 is 38.7 Å². The Labute approximate surface area is 193 Å². The average Bonchev–Trinajstić information content (AvgIpc) is 3.10. The van der Waals surface area contributed by atoms with Crippen molar-refractivity contribution in [2.75, 3.05) is 19.6 Å². The molecule has 0 saturated carbocycles. The molecule has 4 nitrogen and oxygen atoms in total. The fraction of sp³-hybridized carbons (Fsp3) is 0.346. The zero-order valence-electron chi connectivity index (χ0n) is 18.4. The first-order valence-electron chi connectivity index (χ1n) is 11.1. The number of rotatable bonds is 11. The molecule has 0 aliphatic rings. The molecule has 0 spiro atoms. The fourth-order valence-corrected chi connectivity index (χ4v) is 4.36. The molecule has 0 aliphatic heterocycles. The summed E-state index contributed by atoms with van der Waals surface area (Å²) in [7, 11) is 0. The van der Waals surface area contributed by atoms with Crippen LogP contribution in [0.25, 0.3) is 17.0 Å². The number of nitrogens with zero attached hydrogens (tertiary/aromatic N) is 1. The monoisotopic (exact) mass is 483 g/mol. The second-order valence-electron chi connectivity index (χ2n) is 8.07. The molecule has 2 N–H and O–H groups in total. The minimum Gasteiger partial charge on any atom is -0.385 e. The van der Waals surface area contributed by atoms with Crippen LogP contribution in [0, 0.1) is 0 Å². The van der Waals surface area contributed by atoms with Gasteiger partial charge in [0, 0.05) is 32.7 Å². The second-order valence-corrected chi connectivity index (χ2v) is 8.98. The molecule has 0 radical (unpaired) electrons. The standard InChI is InChI=1S/C26H31BrN2O2/c1-3-15-28(16-4-2)18-23(30)19-29-17-21(24-7-5-6-8-25(24)29)11-14-26(31)20-9-12-22(27)13-10-20/h5-14,17,23,30H,3-4,15-16,18-19H2,1-2H3/p+1/b14-11+/t23-/m1/s1. The first-order chi connectivity index (χ1) is 15.0. The molecule has 0 amide bonds. The lowest BCUT2D eigenvalue weighted by molar-refractivity contribution is -0.903. The van der Waals surface area contributed by atoms with Crippen LogP contribution in [0.2, 0.25) is 0 Å². The lowest BCUT2D eigenvalue weighted by Crippen LogP contribution is -3.13. The number of hydrogen-bond acceptors (Lipinski definition) is 2. The van der Waals surface area contributed by atoms with Crippen LogP contribution >= 0.6 is 15.9 Å². The SMILES string of the molecule is CCC[NH+](CCC)C[C@@H](O)Cn1cc(/C=C/C(=O)c2ccc(Br)cc2)c2ccccc21. The van der Waals surface area contributed by atoms with Gasteiger partial charge in [-0.3, -0.25) is 4.79 Å². The number of aliphatic hydroxyl groups excluding tert-OH is 1. The van der Waals surface area contributed by atoms with Crippen LogP contribution < -0.4 is 4.90 Å². The van der Waals surface area contributed by atoms with E-state index >= 15 is 0 Å². The summed E-state index contributed by atoms with van der Waals surface area (Å²) in [6, 6.07) is 15.5. The number of fused-ring (bicyclic) bond motifs is 1. The number of aliphatic hydroxyl groups is 1. The predicted octanol–water partition coefficient (Wildman–Crippen LogP) is 4.37. The van der Waals surface area contributed by atoms with Crippen LogP contribution in [0.3, 0.4) is 0 Å². The smallest absolute Gasteiger partial charge is 0.185 e. The molecule has 3 rings (SSSR count). The molecular weight excluding hydrogens is 452 g/mol. The zero-order valence-corrected chi connectivity index (χ0v) is 19.9. The molecule has 0 saturated heterocycles. The minimum atomic E-state index is -0.412. The summed E-state index contributed by atoms with van der Waals surface area (Å²) < 4.78 is 3.06. The van der Waals surface area contributed by atoms with Gasteiger partial charge in [0.2, 0.25) is 0 Å². The Morgan fingerprint density at radius 1 is 1.10 bits per heavy atom.